The van der Waals surface area contributed by atoms with Crippen molar-refractivity contribution in [1.29, 1.82) is 0 Å². The molecule has 0 bridgehead atoms. The highest BCUT2D eigenvalue weighted by Gasteiger charge is 2.37. The molecule has 0 aromatic carbocycles. The Morgan fingerprint density at radius 3 is 2.81 bits per heavy atom. The predicted octanol–water partition coefficient (Wildman–Crippen LogP) is 1.43. The van der Waals surface area contributed by atoms with Gasteiger partial charge in [0.25, 0.3) is 10.0 Å². The van der Waals surface area contributed by atoms with Crippen LogP contribution in [0.5, 0.6) is 0 Å². The molecular weight excluding hydrogens is 292 g/mol. The van der Waals surface area contributed by atoms with Crippen LogP contribution in [0, 0.1) is 5.92 Å². The summed E-state index contributed by atoms with van der Waals surface area (Å²) in [4.78, 5) is 0. The van der Waals surface area contributed by atoms with E-state index in [0.717, 1.165) is 12.8 Å². The molecule has 1 unspecified atom stereocenters. The maximum absolute atomic E-state index is 12.5. The molecule has 0 aliphatic heterocycles. The molecule has 0 amide bonds. The monoisotopic (exact) mass is 316 g/mol. The fourth-order valence-corrected chi connectivity index (χ4v) is 3.56. The maximum Gasteiger partial charge on any atom is 0.276 e. The van der Waals surface area contributed by atoms with E-state index >= 15 is 0 Å². The first kappa shape index (κ1) is 16.5. The standard InChI is InChI=1S/C14H24N2O4S/c1-11(12-4-5-12)16(2)21(17,18)14-7-6-13(20-14)10-15-8-9-19-3/h6-7,11-12,15H,4-5,8-10H2,1-3H3. The first-order chi connectivity index (χ1) is 9.96. The number of hydrogen-bond donors (Lipinski definition) is 1. The quantitative estimate of drug-likeness (QED) is 0.698. The van der Waals surface area contributed by atoms with E-state index in [1.54, 1.807) is 20.2 Å². The molecule has 0 saturated heterocycles. The van der Waals surface area contributed by atoms with Crippen LogP contribution in [-0.4, -0.2) is 46.1 Å². The Morgan fingerprint density at radius 2 is 2.19 bits per heavy atom. The van der Waals surface area contributed by atoms with Crippen LogP contribution in [0.2, 0.25) is 0 Å². The lowest BCUT2D eigenvalue weighted by Gasteiger charge is -2.22. The number of ether oxygens (including phenoxy) is 1. The fourth-order valence-electron chi connectivity index (χ4n) is 2.21. The van der Waals surface area contributed by atoms with Gasteiger partial charge in [0.2, 0.25) is 5.09 Å². The molecule has 1 aromatic heterocycles. The Labute approximate surface area is 126 Å². The van der Waals surface area contributed by atoms with Crippen molar-refractivity contribution < 1.29 is 17.6 Å². The van der Waals surface area contributed by atoms with E-state index in [0.29, 0.717) is 31.4 Å². The third kappa shape index (κ3) is 4.06. The molecule has 1 N–H and O–H groups in total. The van der Waals surface area contributed by atoms with Crippen molar-refractivity contribution in [2.75, 3.05) is 27.3 Å². The van der Waals surface area contributed by atoms with E-state index in [9.17, 15) is 8.42 Å². The Morgan fingerprint density at radius 1 is 1.48 bits per heavy atom. The van der Waals surface area contributed by atoms with Crippen molar-refractivity contribution in [1.82, 2.24) is 9.62 Å². The average Bonchev–Trinajstić information content (AvgIpc) is 3.20. The highest BCUT2D eigenvalue weighted by molar-refractivity contribution is 7.89. The summed E-state index contributed by atoms with van der Waals surface area (Å²) in [5.74, 6) is 1.09. The fraction of sp³-hybridized carbons (Fsp3) is 0.714. The zero-order chi connectivity index (χ0) is 15.5. The van der Waals surface area contributed by atoms with Crippen LogP contribution < -0.4 is 5.32 Å². The molecule has 1 aliphatic carbocycles. The summed E-state index contributed by atoms with van der Waals surface area (Å²) in [5.41, 5.74) is 0. The van der Waals surface area contributed by atoms with Crippen LogP contribution in [0.4, 0.5) is 0 Å². The zero-order valence-electron chi connectivity index (χ0n) is 12.8. The van der Waals surface area contributed by atoms with Gasteiger partial charge in [0.1, 0.15) is 5.76 Å². The lowest BCUT2D eigenvalue weighted by atomic mass is 10.2. The van der Waals surface area contributed by atoms with Crippen molar-refractivity contribution in [2.24, 2.45) is 5.92 Å². The van der Waals surface area contributed by atoms with Gasteiger partial charge in [0.05, 0.1) is 13.2 Å². The van der Waals surface area contributed by atoms with Crippen LogP contribution in [-0.2, 0) is 21.3 Å². The minimum absolute atomic E-state index is 0.0149. The Hall–Kier alpha value is -0.890. The van der Waals surface area contributed by atoms with Gasteiger partial charge in [-0.2, -0.15) is 4.31 Å². The summed E-state index contributed by atoms with van der Waals surface area (Å²) in [7, 11) is -0.286. The second-order valence-corrected chi connectivity index (χ2v) is 7.42. The molecule has 21 heavy (non-hydrogen) atoms. The van der Waals surface area contributed by atoms with Crippen molar-refractivity contribution in [3.05, 3.63) is 17.9 Å². The molecule has 1 saturated carbocycles. The van der Waals surface area contributed by atoms with Crippen LogP contribution in [0.15, 0.2) is 21.6 Å². The summed E-state index contributed by atoms with van der Waals surface area (Å²) >= 11 is 0. The number of nitrogens with one attached hydrogen (secondary N) is 1. The summed E-state index contributed by atoms with van der Waals surface area (Å²) < 4.78 is 36.8. The first-order valence-corrected chi connectivity index (χ1v) is 8.67. The molecule has 6 nitrogen and oxygen atoms in total. The van der Waals surface area contributed by atoms with Gasteiger partial charge < -0.3 is 14.5 Å². The third-order valence-electron chi connectivity index (χ3n) is 3.93. The zero-order valence-corrected chi connectivity index (χ0v) is 13.6. The average molecular weight is 316 g/mol. The van der Waals surface area contributed by atoms with E-state index < -0.39 is 10.0 Å². The third-order valence-corrected chi connectivity index (χ3v) is 5.75. The van der Waals surface area contributed by atoms with Gasteiger partial charge >= 0.3 is 0 Å². The summed E-state index contributed by atoms with van der Waals surface area (Å²) in [5, 5.41) is 3.14. The van der Waals surface area contributed by atoms with Gasteiger partial charge in [0, 0.05) is 26.7 Å². The Balaban J connectivity index is 1.98. The molecule has 1 atom stereocenters. The number of hydrogen-bond acceptors (Lipinski definition) is 5. The second kappa shape index (κ2) is 6.91. The lowest BCUT2D eigenvalue weighted by molar-refractivity contribution is 0.198. The van der Waals surface area contributed by atoms with Crippen molar-refractivity contribution in [2.45, 2.75) is 37.4 Å². The molecule has 1 fully saturated rings. The van der Waals surface area contributed by atoms with E-state index in [4.69, 9.17) is 9.15 Å². The van der Waals surface area contributed by atoms with E-state index in [-0.39, 0.29) is 11.1 Å². The van der Waals surface area contributed by atoms with Gasteiger partial charge in [-0.05, 0) is 37.8 Å². The number of furan rings is 1. The van der Waals surface area contributed by atoms with Gasteiger partial charge in [-0.15, -0.1) is 0 Å². The summed E-state index contributed by atoms with van der Waals surface area (Å²) in [6.07, 6.45) is 2.21. The molecule has 0 radical (unpaired) electrons. The Bertz CT molecular complexity index is 551. The molecule has 1 heterocycles. The van der Waals surface area contributed by atoms with Crippen LogP contribution >= 0.6 is 0 Å². The minimum atomic E-state index is -3.54. The SMILES string of the molecule is COCCNCc1ccc(S(=O)(=O)N(C)C(C)C2CC2)o1. The maximum atomic E-state index is 12.5. The van der Waals surface area contributed by atoms with Gasteiger partial charge in [0.15, 0.2) is 0 Å². The van der Waals surface area contributed by atoms with E-state index in [2.05, 4.69) is 5.32 Å². The summed E-state index contributed by atoms with van der Waals surface area (Å²) in [6, 6.07) is 3.24. The molecule has 7 heteroatoms. The van der Waals surface area contributed by atoms with Crippen LogP contribution in [0.1, 0.15) is 25.5 Å². The molecular formula is C14H24N2O4S. The Kier molecular flexibility index (Phi) is 5.43. The summed E-state index contributed by atoms with van der Waals surface area (Å²) in [6.45, 7) is 3.73. The number of methoxy groups -OCH3 is 1. The number of rotatable bonds is 9. The second-order valence-electron chi connectivity index (χ2n) is 5.49. The van der Waals surface area contributed by atoms with E-state index in [1.165, 1.54) is 10.4 Å². The lowest BCUT2D eigenvalue weighted by Crippen LogP contribution is -2.36. The smallest absolute Gasteiger partial charge is 0.276 e. The first-order valence-electron chi connectivity index (χ1n) is 7.23. The largest absolute Gasteiger partial charge is 0.447 e. The van der Waals surface area contributed by atoms with Gasteiger partial charge in [-0.1, -0.05) is 0 Å². The van der Waals surface area contributed by atoms with E-state index in [1.807, 2.05) is 6.92 Å². The van der Waals surface area contributed by atoms with Crippen molar-refractivity contribution in [3.8, 4) is 0 Å². The predicted molar refractivity (Wildman–Crippen MR) is 79.4 cm³/mol. The normalized spacial score (nSPS) is 17.3. The topological polar surface area (TPSA) is 71.8 Å². The molecule has 1 aliphatic rings. The molecule has 0 spiro atoms. The molecule has 120 valence electrons. The van der Waals surface area contributed by atoms with Crippen molar-refractivity contribution >= 4 is 10.0 Å². The highest BCUT2D eigenvalue weighted by Crippen LogP contribution is 2.36. The molecule has 2 rings (SSSR count). The van der Waals surface area contributed by atoms with Crippen molar-refractivity contribution in [3.63, 3.8) is 0 Å². The number of nitrogens with zero attached hydrogens (tertiary/aromatic N) is 1. The highest BCUT2D eigenvalue weighted by atomic mass is 32.2. The number of sulfonamides is 1. The van der Waals surface area contributed by atoms with Crippen LogP contribution in [0.25, 0.3) is 0 Å². The van der Waals surface area contributed by atoms with Crippen LogP contribution in [0.3, 0.4) is 0 Å². The van der Waals surface area contributed by atoms with Gasteiger partial charge in [-0.25, -0.2) is 8.42 Å². The van der Waals surface area contributed by atoms with Gasteiger partial charge in [-0.3, -0.25) is 0 Å². The molecule has 1 aromatic rings. The minimum Gasteiger partial charge on any atom is -0.447 e.